The number of hydrogen-bond acceptors (Lipinski definition) is 4. The lowest BCUT2D eigenvalue weighted by Crippen LogP contribution is -2.46. The molecule has 1 amide bonds. The molecular weight excluding hydrogens is 290 g/mol. The van der Waals surface area contributed by atoms with Gasteiger partial charge in [0, 0.05) is 25.7 Å². The Hall–Kier alpha value is -1.33. The number of likely N-dealkylation sites (tertiary alicyclic amines) is 2. The standard InChI is InChI=1S/C18H27N3O2/c1-12-3-6-15(23-12)10-21-9-14-7-16(20(2)17(14)11-21)18(22)19-8-13-4-5-13/h3,6,13-14,16-17H,4-5,7-11H2,1-2H3,(H,19,22)/t14-,16-,17+/m0/s1. The van der Waals surface area contributed by atoms with E-state index in [1.54, 1.807) is 0 Å². The van der Waals surface area contributed by atoms with Crippen molar-refractivity contribution in [3.05, 3.63) is 23.7 Å². The van der Waals surface area contributed by atoms with Gasteiger partial charge in [0.25, 0.3) is 0 Å². The first kappa shape index (κ1) is 15.2. The lowest BCUT2D eigenvalue weighted by molar-refractivity contribution is -0.125. The van der Waals surface area contributed by atoms with Crippen LogP contribution in [-0.2, 0) is 11.3 Å². The molecule has 0 radical (unpaired) electrons. The molecule has 3 fully saturated rings. The maximum absolute atomic E-state index is 12.4. The van der Waals surface area contributed by atoms with E-state index in [1.165, 1.54) is 12.8 Å². The van der Waals surface area contributed by atoms with Gasteiger partial charge >= 0.3 is 0 Å². The van der Waals surface area contributed by atoms with Gasteiger partial charge in [-0.05, 0) is 57.2 Å². The van der Waals surface area contributed by atoms with Crippen LogP contribution in [-0.4, -0.2) is 54.5 Å². The van der Waals surface area contributed by atoms with Crippen molar-refractivity contribution in [2.24, 2.45) is 11.8 Å². The van der Waals surface area contributed by atoms with Crippen LogP contribution in [0.4, 0.5) is 0 Å². The molecule has 3 heterocycles. The molecule has 2 saturated heterocycles. The lowest BCUT2D eigenvalue weighted by Gasteiger charge is -2.25. The van der Waals surface area contributed by atoms with Crippen LogP contribution in [0.1, 0.15) is 30.8 Å². The van der Waals surface area contributed by atoms with Crippen LogP contribution in [0.3, 0.4) is 0 Å². The van der Waals surface area contributed by atoms with E-state index in [0.29, 0.717) is 12.0 Å². The van der Waals surface area contributed by atoms with Crippen molar-refractivity contribution < 1.29 is 9.21 Å². The van der Waals surface area contributed by atoms with E-state index >= 15 is 0 Å². The highest BCUT2D eigenvalue weighted by atomic mass is 16.3. The van der Waals surface area contributed by atoms with Gasteiger partial charge in [0.1, 0.15) is 11.5 Å². The van der Waals surface area contributed by atoms with Crippen molar-refractivity contribution in [1.29, 1.82) is 0 Å². The van der Waals surface area contributed by atoms with Gasteiger partial charge in [-0.1, -0.05) is 0 Å². The predicted octanol–water partition coefficient (Wildman–Crippen LogP) is 1.62. The van der Waals surface area contributed by atoms with E-state index in [0.717, 1.165) is 50.0 Å². The van der Waals surface area contributed by atoms with Crippen molar-refractivity contribution in [2.75, 3.05) is 26.7 Å². The van der Waals surface area contributed by atoms with Crippen LogP contribution in [0, 0.1) is 18.8 Å². The second-order valence-electron chi connectivity index (χ2n) is 7.64. The Morgan fingerprint density at radius 3 is 2.83 bits per heavy atom. The highest BCUT2D eigenvalue weighted by molar-refractivity contribution is 5.82. The molecule has 1 N–H and O–H groups in total. The fraction of sp³-hybridized carbons (Fsp3) is 0.722. The minimum atomic E-state index is 0.0664. The molecular formula is C18H27N3O2. The van der Waals surface area contributed by atoms with Crippen LogP contribution in [0.15, 0.2) is 16.5 Å². The number of amides is 1. The number of nitrogens with one attached hydrogen (secondary N) is 1. The smallest absolute Gasteiger partial charge is 0.237 e. The molecule has 1 aliphatic carbocycles. The summed E-state index contributed by atoms with van der Waals surface area (Å²) in [7, 11) is 2.12. The maximum Gasteiger partial charge on any atom is 0.237 e. The summed E-state index contributed by atoms with van der Waals surface area (Å²) < 4.78 is 5.69. The Morgan fingerprint density at radius 2 is 2.17 bits per heavy atom. The lowest BCUT2D eigenvalue weighted by atomic mass is 10.0. The summed E-state index contributed by atoms with van der Waals surface area (Å²) in [5.74, 6) is 3.61. The topological polar surface area (TPSA) is 48.7 Å². The number of furan rings is 1. The number of rotatable bonds is 5. The largest absolute Gasteiger partial charge is 0.465 e. The third-order valence-corrected chi connectivity index (χ3v) is 5.76. The Morgan fingerprint density at radius 1 is 1.35 bits per heavy atom. The summed E-state index contributed by atoms with van der Waals surface area (Å²) in [5, 5.41) is 3.15. The molecule has 0 bridgehead atoms. The van der Waals surface area contributed by atoms with Crippen molar-refractivity contribution >= 4 is 5.91 Å². The number of fused-ring (bicyclic) bond motifs is 1. The van der Waals surface area contributed by atoms with Gasteiger partial charge in [-0.25, -0.2) is 0 Å². The second kappa shape index (κ2) is 5.95. The predicted molar refractivity (Wildman–Crippen MR) is 87.9 cm³/mol. The van der Waals surface area contributed by atoms with E-state index < -0.39 is 0 Å². The Balaban J connectivity index is 1.31. The van der Waals surface area contributed by atoms with Gasteiger partial charge in [-0.3, -0.25) is 14.6 Å². The van der Waals surface area contributed by atoms with Gasteiger partial charge in [0.05, 0.1) is 12.6 Å². The monoisotopic (exact) mass is 317 g/mol. The molecule has 5 nitrogen and oxygen atoms in total. The zero-order valence-corrected chi connectivity index (χ0v) is 14.1. The van der Waals surface area contributed by atoms with Gasteiger partial charge in [-0.2, -0.15) is 0 Å². The molecule has 1 aromatic heterocycles. The second-order valence-corrected chi connectivity index (χ2v) is 7.64. The Labute approximate surface area is 138 Å². The molecule has 0 aromatic carbocycles. The van der Waals surface area contributed by atoms with E-state index in [-0.39, 0.29) is 11.9 Å². The molecule has 1 saturated carbocycles. The minimum Gasteiger partial charge on any atom is -0.465 e. The maximum atomic E-state index is 12.4. The average molecular weight is 317 g/mol. The number of nitrogens with zero attached hydrogens (tertiary/aromatic N) is 2. The van der Waals surface area contributed by atoms with Crippen LogP contribution >= 0.6 is 0 Å². The summed E-state index contributed by atoms with van der Waals surface area (Å²) >= 11 is 0. The number of carbonyl (C=O) groups excluding carboxylic acids is 1. The molecule has 1 aromatic rings. The molecule has 4 rings (SSSR count). The van der Waals surface area contributed by atoms with Gasteiger partial charge in [0.15, 0.2) is 0 Å². The van der Waals surface area contributed by atoms with Crippen molar-refractivity contribution in [1.82, 2.24) is 15.1 Å². The van der Waals surface area contributed by atoms with E-state index in [4.69, 9.17) is 4.42 Å². The summed E-state index contributed by atoms with van der Waals surface area (Å²) in [4.78, 5) is 17.2. The number of hydrogen-bond donors (Lipinski definition) is 1. The molecule has 23 heavy (non-hydrogen) atoms. The number of carbonyl (C=O) groups is 1. The third kappa shape index (κ3) is 3.17. The van der Waals surface area contributed by atoms with Crippen LogP contribution in [0.5, 0.6) is 0 Å². The Kier molecular flexibility index (Phi) is 3.93. The molecule has 2 aliphatic heterocycles. The zero-order chi connectivity index (χ0) is 16.0. The molecule has 3 atom stereocenters. The van der Waals surface area contributed by atoms with Gasteiger partial charge in [0.2, 0.25) is 5.91 Å². The molecule has 0 spiro atoms. The minimum absolute atomic E-state index is 0.0664. The first-order chi connectivity index (χ1) is 11.1. The van der Waals surface area contributed by atoms with Crippen LogP contribution < -0.4 is 5.32 Å². The summed E-state index contributed by atoms with van der Waals surface area (Å²) in [6.07, 6.45) is 3.56. The molecule has 3 aliphatic rings. The fourth-order valence-corrected chi connectivity index (χ4v) is 4.21. The van der Waals surface area contributed by atoms with E-state index in [9.17, 15) is 4.79 Å². The van der Waals surface area contributed by atoms with Gasteiger partial charge < -0.3 is 9.73 Å². The van der Waals surface area contributed by atoms with Crippen molar-refractivity contribution in [3.8, 4) is 0 Å². The van der Waals surface area contributed by atoms with Gasteiger partial charge in [-0.15, -0.1) is 0 Å². The van der Waals surface area contributed by atoms with Crippen molar-refractivity contribution in [2.45, 2.75) is 44.8 Å². The molecule has 0 unspecified atom stereocenters. The number of likely N-dealkylation sites (N-methyl/N-ethyl adjacent to an activating group) is 1. The van der Waals surface area contributed by atoms with E-state index in [2.05, 4.69) is 28.2 Å². The van der Waals surface area contributed by atoms with E-state index in [1.807, 2.05) is 13.0 Å². The van der Waals surface area contributed by atoms with Crippen LogP contribution in [0.25, 0.3) is 0 Å². The highest BCUT2D eigenvalue weighted by Gasteiger charge is 2.47. The first-order valence-electron chi connectivity index (χ1n) is 8.87. The molecule has 126 valence electrons. The number of aryl methyl sites for hydroxylation is 1. The normalized spacial score (nSPS) is 31.5. The Bertz CT molecular complexity index is 581. The average Bonchev–Trinajstić information content (AvgIpc) is 3.02. The SMILES string of the molecule is Cc1ccc(CN2C[C@@H]3C[C@@H](C(=O)NCC4CC4)N(C)[C@@H]3C2)o1. The quantitative estimate of drug-likeness (QED) is 0.896. The van der Waals surface area contributed by atoms with Crippen LogP contribution in [0.2, 0.25) is 0 Å². The molecule has 5 heteroatoms. The summed E-state index contributed by atoms with van der Waals surface area (Å²) in [5.41, 5.74) is 0. The highest BCUT2D eigenvalue weighted by Crippen LogP contribution is 2.35. The summed E-state index contributed by atoms with van der Waals surface area (Å²) in [6.45, 7) is 5.85. The van der Waals surface area contributed by atoms with Crippen molar-refractivity contribution in [3.63, 3.8) is 0 Å². The third-order valence-electron chi connectivity index (χ3n) is 5.76. The zero-order valence-electron chi connectivity index (χ0n) is 14.1. The first-order valence-corrected chi connectivity index (χ1v) is 8.87. The summed E-state index contributed by atoms with van der Waals surface area (Å²) in [6, 6.07) is 4.67. The fourth-order valence-electron chi connectivity index (χ4n) is 4.21.